The molecule has 0 spiro atoms. The van der Waals surface area contributed by atoms with E-state index in [0.717, 1.165) is 44.3 Å². The van der Waals surface area contributed by atoms with E-state index in [2.05, 4.69) is 42.7 Å². The van der Waals surface area contributed by atoms with Crippen molar-refractivity contribution in [3.63, 3.8) is 0 Å². The summed E-state index contributed by atoms with van der Waals surface area (Å²) in [4.78, 5) is 7.18. The largest absolute Gasteiger partial charge is 0.469 e. The van der Waals surface area contributed by atoms with Gasteiger partial charge in [0.2, 0.25) is 0 Å². The van der Waals surface area contributed by atoms with Crippen LogP contribution in [0.4, 0.5) is 0 Å². The van der Waals surface area contributed by atoms with Gasteiger partial charge in [0, 0.05) is 43.6 Å². The number of guanidine groups is 1. The summed E-state index contributed by atoms with van der Waals surface area (Å²) in [7, 11) is 0. The quantitative estimate of drug-likeness (QED) is 0.435. The topological polar surface area (TPSA) is 40.8 Å². The predicted molar refractivity (Wildman–Crippen MR) is 106 cm³/mol. The van der Waals surface area contributed by atoms with Gasteiger partial charge in [-0.3, -0.25) is 4.99 Å². The lowest BCUT2D eigenvalue weighted by molar-refractivity contribution is 0.380. The summed E-state index contributed by atoms with van der Waals surface area (Å²) >= 11 is 2.09. The SMILES string of the molecule is CCNC(=NCCc1ccco1)N1CCSC(C(C)C)C1.I. The third-order valence-electron chi connectivity index (χ3n) is 3.67. The molecule has 4 nitrogen and oxygen atoms in total. The molecule has 1 aromatic heterocycles. The van der Waals surface area contributed by atoms with Crippen LogP contribution in [0.25, 0.3) is 0 Å². The highest BCUT2D eigenvalue weighted by molar-refractivity contribution is 14.0. The Bertz CT molecular complexity index is 437. The van der Waals surface area contributed by atoms with Crippen LogP contribution in [0.5, 0.6) is 0 Å². The molecule has 1 fully saturated rings. The number of thioether (sulfide) groups is 1. The van der Waals surface area contributed by atoms with Crippen molar-refractivity contribution >= 4 is 41.7 Å². The highest BCUT2D eigenvalue weighted by atomic mass is 127. The average molecular weight is 437 g/mol. The number of halogens is 1. The standard InChI is InChI=1S/C16H27N3OS.HI/c1-4-17-16(18-8-7-14-6-5-10-20-14)19-9-11-21-15(12-19)13(2)3;/h5-6,10,13,15H,4,7-9,11-12H2,1-3H3,(H,17,18);1H. The highest BCUT2D eigenvalue weighted by Crippen LogP contribution is 2.24. The smallest absolute Gasteiger partial charge is 0.193 e. The summed E-state index contributed by atoms with van der Waals surface area (Å²) in [5.41, 5.74) is 0. The van der Waals surface area contributed by atoms with Gasteiger partial charge >= 0.3 is 0 Å². The molecule has 0 amide bonds. The number of furan rings is 1. The van der Waals surface area contributed by atoms with Crippen LogP contribution in [-0.2, 0) is 6.42 Å². The maximum absolute atomic E-state index is 5.36. The fourth-order valence-corrected chi connectivity index (χ4v) is 3.72. The summed E-state index contributed by atoms with van der Waals surface area (Å²) in [6, 6.07) is 3.94. The van der Waals surface area contributed by atoms with Crippen molar-refractivity contribution < 1.29 is 4.42 Å². The summed E-state index contributed by atoms with van der Waals surface area (Å²) in [6.07, 6.45) is 2.58. The molecule has 22 heavy (non-hydrogen) atoms. The molecule has 1 unspecified atom stereocenters. The van der Waals surface area contributed by atoms with Gasteiger partial charge < -0.3 is 14.6 Å². The van der Waals surface area contributed by atoms with E-state index in [1.807, 2.05) is 12.1 Å². The Kier molecular flexibility index (Phi) is 9.31. The van der Waals surface area contributed by atoms with Crippen LogP contribution in [0.1, 0.15) is 26.5 Å². The number of nitrogens with zero attached hydrogens (tertiary/aromatic N) is 2. The van der Waals surface area contributed by atoms with Crippen LogP contribution in [0, 0.1) is 5.92 Å². The summed E-state index contributed by atoms with van der Waals surface area (Å²) in [5.74, 6) is 3.95. The molecule has 0 radical (unpaired) electrons. The lowest BCUT2D eigenvalue weighted by Crippen LogP contribution is -2.49. The molecule has 0 saturated carbocycles. The van der Waals surface area contributed by atoms with Crippen LogP contribution >= 0.6 is 35.7 Å². The van der Waals surface area contributed by atoms with Crippen molar-refractivity contribution in [2.75, 3.05) is 31.9 Å². The zero-order valence-corrected chi connectivity index (χ0v) is 16.9. The van der Waals surface area contributed by atoms with Gasteiger partial charge in [-0.25, -0.2) is 0 Å². The monoisotopic (exact) mass is 437 g/mol. The number of nitrogens with one attached hydrogen (secondary N) is 1. The number of hydrogen-bond donors (Lipinski definition) is 1. The minimum atomic E-state index is 0. The van der Waals surface area contributed by atoms with Crippen LogP contribution in [0.3, 0.4) is 0 Å². The third-order valence-corrected chi connectivity index (χ3v) is 5.21. The Morgan fingerprint density at radius 2 is 2.36 bits per heavy atom. The molecule has 1 N–H and O–H groups in total. The van der Waals surface area contributed by atoms with Gasteiger partial charge in [0.05, 0.1) is 6.26 Å². The Labute approximate surface area is 155 Å². The van der Waals surface area contributed by atoms with E-state index in [0.29, 0.717) is 11.2 Å². The maximum atomic E-state index is 5.36. The van der Waals surface area contributed by atoms with Crippen LogP contribution < -0.4 is 5.32 Å². The zero-order chi connectivity index (χ0) is 15.1. The van der Waals surface area contributed by atoms with Gasteiger partial charge in [0.25, 0.3) is 0 Å². The molecule has 126 valence electrons. The van der Waals surface area contributed by atoms with E-state index in [1.165, 1.54) is 5.75 Å². The molecular formula is C16H28IN3OS. The fourth-order valence-electron chi connectivity index (χ4n) is 2.42. The Morgan fingerprint density at radius 1 is 1.55 bits per heavy atom. The second-order valence-corrected chi connectivity index (χ2v) is 7.01. The first kappa shape index (κ1) is 19.7. The van der Waals surface area contributed by atoms with Gasteiger partial charge in [0.1, 0.15) is 5.76 Å². The molecular weight excluding hydrogens is 409 g/mol. The minimum Gasteiger partial charge on any atom is -0.469 e. The predicted octanol–water partition coefficient (Wildman–Crippen LogP) is 3.48. The fraction of sp³-hybridized carbons (Fsp3) is 0.688. The third kappa shape index (κ3) is 6.02. The minimum absolute atomic E-state index is 0. The molecule has 6 heteroatoms. The molecule has 2 heterocycles. The lowest BCUT2D eigenvalue weighted by Gasteiger charge is -2.36. The Balaban J connectivity index is 0.00000242. The van der Waals surface area contributed by atoms with Crippen molar-refractivity contribution in [1.82, 2.24) is 10.2 Å². The molecule has 0 aromatic carbocycles. The second kappa shape index (κ2) is 10.4. The number of hydrogen-bond acceptors (Lipinski definition) is 3. The maximum Gasteiger partial charge on any atom is 0.193 e. The first-order chi connectivity index (χ1) is 10.2. The van der Waals surface area contributed by atoms with Gasteiger partial charge in [-0.15, -0.1) is 24.0 Å². The number of aliphatic imine (C=N–C) groups is 1. The first-order valence-electron chi connectivity index (χ1n) is 7.88. The van der Waals surface area contributed by atoms with Crippen LogP contribution in [0.15, 0.2) is 27.8 Å². The van der Waals surface area contributed by atoms with E-state index in [9.17, 15) is 0 Å². The summed E-state index contributed by atoms with van der Waals surface area (Å²) in [6.45, 7) is 10.6. The molecule has 0 bridgehead atoms. The zero-order valence-electron chi connectivity index (χ0n) is 13.7. The van der Waals surface area contributed by atoms with Crippen LogP contribution in [-0.4, -0.2) is 48.0 Å². The van der Waals surface area contributed by atoms with Gasteiger partial charge in [-0.2, -0.15) is 11.8 Å². The van der Waals surface area contributed by atoms with Crippen molar-refractivity contribution in [3.8, 4) is 0 Å². The molecule has 1 saturated heterocycles. The van der Waals surface area contributed by atoms with E-state index < -0.39 is 0 Å². The van der Waals surface area contributed by atoms with Crippen molar-refractivity contribution in [2.24, 2.45) is 10.9 Å². The van der Waals surface area contributed by atoms with Crippen molar-refractivity contribution in [1.29, 1.82) is 0 Å². The van der Waals surface area contributed by atoms with E-state index >= 15 is 0 Å². The van der Waals surface area contributed by atoms with E-state index in [-0.39, 0.29) is 24.0 Å². The highest BCUT2D eigenvalue weighted by Gasteiger charge is 2.24. The lowest BCUT2D eigenvalue weighted by atomic mass is 10.1. The molecule has 0 aliphatic carbocycles. The normalized spacial score (nSPS) is 19.2. The van der Waals surface area contributed by atoms with Gasteiger partial charge in [0.15, 0.2) is 5.96 Å². The Morgan fingerprint density at radius 3 is 3.00 bits per heavy atom. The molecule has 1 aliphatic heterocycles. The summed E-state index contributed by atoms with van der Waals surface area (Å²) < 4.78 is 5.36. The second-order valence-electron chi connectivity index (χ2n) is 5.66. The van der Waals surface area contributed by atoms with E-state index in [1.54, 1.807) is 6.26 Å². The molecule has 2 rings (SSSR count). The average Bonchev–Trinajstić information content (AvgIpc) is 3.00. The van der Waals surface area contributed by atoms with Crippen LogP contribution in [0.2, 0.25) is 0 Å². The van der Waals surface area contributed by atoms with E-state index in [4.69, 9.17) is 9.41 Å². The van der Waals surface area contributed by atoms with Gasteiger partial charge in [-0.05, 0) is 25.0 Å². The Hall–Kier alpha value is -0.370. The molecule has 1 aromatic rings. The molecule has 1 aliphatic rings. The van der Waals surface area contributed by atoms with Gasteiger partial charge in [-0.1, -0.05) is 13.8 Å². The van der Waals surface area contributed by atoms with Crippen molar-refractivity contribution in [3.05, 3.63) is 24.2 Å². The molecule has 1 atom stereocenters. The first-order valence-corrected chi connectivity index (χ1v) is 8.92. The number of rotatable bonds is 5. The van der Waals surface area contributed by atoms with Crippen molar-refractivity contribution in [2.45, 2.75) is 32.4 Å². The summed E-state index contributed by atoms with van der Waals surface area (Å²) in [5, 5.41) is 4.13.